The van der Waals surface area contributed by atoms with Crippen LogP contribution in [0.5, 0.6) is 0 Å². The minimum atomic E-state index is -1.43. The van der Waals surface area contributed by atoms with Gasteiger partial charge in [0, 0.05) is 12.2 Å². The molecule has 3 amide bonds. The molecule has 4 heterocycles. The van der Waals surface area contributed by atoms with Crippen LogP contribution in [0.1, 0.15) is 57.8 Å². The predicted octanol–water partition coefficient (Wildman–Crippen LogP) is -1.95. The Kier molecular flexibility index (Phi) is 8.46. The second kappa shape index (κ2) is 11.4. The molecule has 12 nitrogen and oxygen atoms in total. The Morgan fingerprint density at radius 2 is 1.58 bits per heavy atom. The fraction of sp³-hybridized carbons (Fsp3) is 0.739. The van der Waals surface area contributed by atoms with E-state index in [4.69, 9.17) is 15.1 Å². The molecule has 4 aliphatic heterocycles. The summed E-state index contributed by atoms with van der Waals surface area (Å²) in [5, 5.41) is 33.2. The van der Waals surface area contributed by atoms with Crippen molar-refractivity contribution in [3.05, 3.63) is 12.2 Å². The zero-order valence-corrected chi connectivity index (χ0v) is 20.3. The molecule has 0 aliphatic carbocycles. The van der Waals surface area contributed by atoms with E-state index in [-0.39, 0.29) is 11.8 Å². The zero-order valence-electron chi connectivity index (χ0n) is 20.3. The number of unbranched alkanes of at least 4 members (excludes halogenated alkanes) is 7. The van der Waals surface area contributed by atoms with E-state index in [2.05, 4.69) is 5.32 Å². The summed E-state index contributed by atoms with van der Waals surface area (Å²) in [5.41, 5.74) is 6.41. The number of ether oxygens (including phenoxy) is 1. The molecule has 2 saturated heterocycles. The molecule has 0 radical (unpaired) electrons. The van der Waals surface area contributed by atoms with Crippen molar-refractivity contribution in [2.24, 2.45) is 5.73 Å². The van der Waals surface area contributed by atoms with Gasteiger partial charge in [0.2, 0.25) is 0 Å². The standard InChI is InChI=1S/C23H35BN4O8/c25-21-20(33)19(32)18(14(13-29)35-21)28-22(34)23(28)26-15(24-36-23)9-7-5-3-1-2-4-6-8-12-27-16(30)10-11-17(27)31/h10-11,14,18-21,26,29,32-33H,1-9,12-13,25H2. The van der Waals surface area contributed by atoms with Crippen LogP contribution in [0.3, 0.4) is 0 Å². The van der Waals surface area contributed by atoms with Crippen LogP contribution in [-0.4, -0.2) is 105 Å². The number of rotatable bonds is 13. The van der Waals surface area contributed by atoms with Crippen molar-refractivity contribution in [3.8, 4) is 0 Å². The van der Waals surface area contributed by atoms with Gasteiger partial charge in [0.1, 0.15) is 0 Å². The predicted molar refractivity (Wildman–Crippen MR) is 128 cm³/mol. The number of nitrogens with two attached hydrogens (primary N) is 1. The Labute approximate surface area is 210 Å². The van der Waals surface area contributed by atoms with Crippen LogP contribution in [-0.2, 0) is 23.8 Å². The summed E-state index contributed by atoms with van der Waals surface area (Å²) in [6.07, 6.45) is 6.56. The average molecular weight is 506 g/mol. The number of aliphatic hydroxyl groups is 3. The molecule has 6 unspecified atom stereocenters. The van der Waals surface area contributed by atoms with Gasteiger partial charge in [-0.25, -0.2) is 0 Å². The van der Waals surface area contributed by atoms with Crippen molar-refractivity contribution in [3.63, 3.8) is 0 Å². The summed E-state index contributed by atoms with van der Waals surface area (Å²) < 4.78 is 11.0. The fourth-order valence-electron chi connectivity index (χ4n) is 5.10. The molecule has 0 bridgehead atoms. The van der Waals surface area contributed by atoms with Gasteiger partial charge in [-0.05, 0) is 0 Å². The molecule has 1 spiro atoms. The molecule has 6 atom stereocenters. The number of carbonyl (C=O) groups is 3. The summed E-state index contributed by atoms with van der Waals surface area (Å²) in [5.74, 6) is -2.28. The number of nitrogens with zero attached hydrogens (tertiary/aromatic N) is 2. The average Bonchev–Trinajstić information content (AvgIpc) is 3.14. The van der Waals surface area contributed by atoms with Crippen LogP contribution in [0.2, 0.25) is 0 Å². The van der Waals surface area contributed by atoms with Crippen molar-refractivity contribution < 1.29 is 39.1 Å². The number of hydrogen-bond donors (Lipinski definition) is 5. The molecule has 6 N–H and O–H groups in total. The van der Waals surface area contributed by atoms with Gasteiger partial charge in [-0.2, -0.15) is 0 Å². The minimum absolute atomic E-state index is 0.222. The molecule has 13 heteroatoms. The van der Waals surface area contributed by atoms with Crippen molar-refractivity contribution >= 4 is 30.4 Å². The second-order valence-corrected chi connectivity index (χ2v) is 9.74. The summed E-state index contributed by atoms with van der Waals surface area (Å²) in [6, 6.07) is -0.995. The van der Waals surface area contributed by atoms with Gasteiger partial charge in [0.25, 0.3) is 11.8 Å². The van der Waals surface area contributed by atoms with E-state index in [1.54, 1.807) is 0 Å². The monoisotopic (exact) mass is 506 g/mol. The number of carbonyl (C=O) groups excluding carboxylic acids is 3. The van der Waals surface area contributed by atoms with Crippen molar-refractivity contribution in [2.45, 2.75) is 94.2 Å². The van der Waals surface area contributed by atoms with Crippen LogP contribution in [0.4, 0.5) is 0 Å². The maximum atomic E-state index is 12.6. The zero-order chi connectivity index (χ0) is 25.9. The van der Waals surface area contributed by atoms with Crippen LogP contribution in [0.15, 0.2) is 12.2 Å². The summed E-state index contributed by atoms with van der Waals surface area (Å²) in [4.78, 5) is 38.1. The van der Waals surface area contributed by atoms with Gasteiger partial charge in [-0.15, -0.1) is 0 Å². The number of nitrogens with one attached hydrogen (secondary N) is 1. The SMILES string of the molecule is NC1OC(CO)C(N2C(=O)C23NC(CCCCCCCCCCN2C(=O)C=CC2=O)=BO3)C(O)C1O. The Bertz CT molecular complexity index is 897. The van der Waals surface area contributed by atoms with E-state index in [0.717, 1.165) is 57.0 Å². The first-order valence-electron chi connectivity index (χ1n) is 12.7. The Hall–Kier alpha value is -2.32. The summed E-state index contributed by atoms with van der Waals surface area (Å²) >= 11 is 0. The number of hydrogen-bond acceptors (Lipinski definition) is 10. The van der Waals surface area contributed by atoms with Crippen molar-refractivity contribution in [2.75, 3.05) is 13.2 Å². The van der Waals surface area contributed by atoms with Gasteiger partial charge >= 0.3 is 176 Å². The maximum absolute atomic E-state index is 12.6. The number of amides is 3. The van der Waals surface area contributed by atoms with E-state index in [1.807, 2.05) is 0 Å². The van der Waals surface area contributed by atoms with Crippen LogP contribution >= 0.6 is 0 Å². The van der Waals surface area contributed by atoms with Gasteiger partial charge in [0.05, 0.1) is 0 Å². The van der Waals surface area contributed by atoms with Crippen molar-refractivity contribution in [1.82, 2.24) is 15.1 Å². The first-order chi connectivity index (χ1) is 17.3. The molecule has 0 aromatic carbocycles. The summed E-state index contributed by atoms with van der Waals surface area (Å²) in [7, 11) is 1.51. The van der Waals surface area contributed by atoms with Gasteiger partial charge in [-0.3, -0.25) is 9.59 Å². The van der Waals surface area contributed by atoms with Gasteiger partial charge in [0.15, 0.2) is 0 Å². The number of imide groups is 1. The first-order valence-corrected chi connectivity index (χ1v) is 12.7. The molecule has 4 rings (SSSR count). The molecule has 0 aromatic rings. The quantitative estimate of drug-likeness (QED) is 0.0818. The van der Waals surface area contributed by atoms with E-state index >= 15 is 0 Å². The van der Waals surface area contributed by atoms with Gasteiger partial charge < -0.3 is 0 Å². The van der Waals surface area contributed by atoms with E-state index in [0.29, 0.717) is 13.0 Å². The topological polar surface area (TPSA) is 175 Å². The number of aliphatic hydroxyl groups excluding tert-OH is 3. The van der Waals surface area contributed by atoms with Crippen LogP contribution in [0, 0.1) is 0 Å². The third-order valence-electron chi connectivity index (χ3n) is 7.21. The normalized spacial score (nSPS) is 33.2. The summed E-state index contributed by atoms with van der Waals surface area (Å²) in [6.45, 7) is 0.00927. The third-order valence-corrected chi connectivity index (χ3v) is 7.21. The molecule has 4 aliphatic rings. The van der Waals surface area contributed by atoms with Crippen LogP contribution < -0.4 is 11.1 Å². The Morgan fingerprint density at radius 1 is 0.972 bits per heavy atom. The second-order valence-electron chi connectivity index (χ2n) is 9.74. The molecule has 2 fully saturated rings. The Balaban J connectivity index is 1.08. The molecule has 0 saturated carbocycles. The van der Waals surface area contributed by atoms with E-state index in [1.165, 1.54) is 29.1 Å². The van der Waals surface area contributed by atoms with E-state index in [9.17, 15) is 29.7 Å². The molecular formula is C23H35BN4O8. The third kappa shape index (κ3) is 5.35. The molecule has 36 heavy (non-hydrogen) atoms. The Morgan fingerprint density at radius 3 is 2.22 bits per heavy atom. The van der Waals surface area contributed by atoms with Gasteiger partial charge in [-0.1, -0.05) is 0 Å². The molecular weight excluding hydrogens is 471 g/mol. The first kappa shape index (κ1) is 26.7. The fourth-order valence-corrected chi connectivity index (χ4v) is 5.10. The molecule has 0 aromatic heterocycles. The van der Waals surface area contributed by atoms with Crippen LogP contribution in [0.25, 0.3) is 0 Å². The van der Waals surface area contributed by atoms with E-state index < -0.39 is 48.9 Å². The van der Waals surface area contributed by atoms with Crippen molar-refractivity contribution in [1.29, 1.82) is 0 Å². The molecule has 198 valence electrons.